The van der Waals surface area contributed by atoms with E-state index in [1.165, 1.54) is 0 Å². The molecule has 2 aliphatic heterocycles. The number of carbonyl (C=O) groups excluding carboxylic acids is 1. The van der Waals surface area contributed by atoms with Gasteiger partial charge in [0.25, 0.3) is 5.91 Å². The van der Waals surface area contributed by atoms with Crippen molar-refractivity contribution in [1.29, 1.82) is 0 Å². The maximum Gasteiger partial charge on any atom is 0.269 e. The van der Waals surface area contributed by atoms with Crippen molar-refractivity contribution in [3.8, 4) is 0 Å². The van der Waals surface area contributed by atoms with Gasteiger partial charge in [-0.2, -0.15) is 5.10 Å². The van der Waals surface area contributed by atoms with Crippen LogP contribution in [0.4, 0.5) is 0 Å². The molecule has 7 nitrogen and oxygen atoms in total. The first-order chi connectivity index (χ1) is 11.4. The molecule has 1 fully saturated rings. The zero-order valence-corrected chi connectivity index (χ0v) is 14.7. The van der Waals surface area contributed by atoms with Crippen molar-refractivity contribution in [1.82, 2.24) is 15.1 Å². The van der Waals surface area contributed by atoms with Crippen molar-refractivity contribution in [3.63, 3.8) is 0 Å². The molecule has 134 valence electrons. The Kier molecular flexibility index (Phi) is 4.94. The molecule has 1 aromatic heterocycles. The Labute approximate surface area is 142 Å². The molecule has 3 rings (SSSR count). The third kappa shape index (κ3) is 3.48. The molecule has 1 aromatic rings. The molecular formula is C17H27N3O4. The minimum absolute atomic E-state index is 0.0752. The molecule has 1 amide bonds. The first-order valence-electron chi connectivity index (χ1n) is 8.69. The van der Waals surface area contributed by atoms with Crippen molar-refractivity contribution in [2.24, 2.45) is 7.05 Å². The van der Waals surface area contributed by atoms with E-state index >= 15 is 0 Å². The van der Waals surface area contributed by atoms with Crippen molar-refractivity contribution in [3.05, 3.63) is 17.0 Å². The van der Waals surface area contributed by atoms with Crippen LogP contribution in [-0.2, 0) is 22.9 Å². The quantitative estimate of drug-likeness (QED) is 0.859. The average Bonchev–Trinajstić information content (AvgIpc) is 2.84. The SMILES string of the molecule is C[C@@H]1Cc2c(nn(C)c2C(=O)NCCC2(O)CCOCC2)[C@H](C)O1. The fourth-order valence-electron chi connectivity index (χ4n) is 3.64. The van der Waals surface area contributed by atoms with Crippen LogP contribution in [0.25, 0.3) is 0 Å². The predicted molar refractivity (Wildman–Crippen MR) is 87.8 cm³/mol. The summed E-state index contributed by atoms with van der Waals surface area (Å²) in [5, 5.41) is 17.9. The molecule has 0 spiro atoms. The van der Waals surface area contributed by atoms with Gasteiger partial charge in [-0.1, -0.05) is 0 Å². The molecule has 0 radical (unpaired) electrons. The molecule has 24 heavy (non-hydrogen) atoms. The number of hydrogen-bond donors (Lipinski definition) is 2. The Balaban J connectivity index is 1.65. The number of fused-ring (bicyclic) bond motifs is 1. The third-order valence-electron chi connectivity index (χ3n) is 5.00. The number of carbonyl (C=O) groups is 1. The minimum atomic E-state index is -0.728. The lowest BCUT2D eigenvalue weighted by atomic mass is 9.91. The van der Waals surface area contributed by atoms with E-state index < -0.39 is 5.60 Å². The van der Waals surface area contributed by atoms with E-state index in [1.807, 2.05) is 13.8 Å². The molecule has 0 saturated carbocycles. The Morgan fingerprint density at radius 1 is 1.42 bits per heavy atom. The number of hydrogen-bond acceptors (Lipinski definition) is 5. The van der Waals surface area contributed by atoms with E-state index in [-0.39, 0.29) is 18.1 Å². The van der Waals surface area contributed by atoms with Crippen LogP contribution < -0.4 is 5.32 Å². The fourth-order valence-corrected chi connectivity index (χ4v) is 3.64. The summed E-state index contributed by atoms with van der Waals surface area (Å²) in [4.78, 5) is 12.6. The number of nitrogens with zero attached hydrogens (tertiary/aromatic N) is 2. The normalized spacial score (nSPS) is 26.0. The number of rotatable bonds is 4. The van der Waals surface area contributed by atoms with Crippen LogP contribution in [0, 0.1) is 0 Å². The summed E-state index contributed by atoms with van der Waals surface area (Å²) in [6.07, 6.45) is 2.45. The Hall–Kier alpha value is -1.44. The second kappa shape index (κ2) is 6.82. The van der Waals surface area contributed by atoms with Crippen molar-refractivity contribution >= 4 is 5.91 Å². The molecule has 2 aliphatic rings. The van der Waals surface area contributed by atoms with Gasteiger partial charge in [0.2, 0.25) is 0 Å². The molecule has 2 atom stereocenters. The van der Waals surface area contributed by atoms with E-state index in [0.29, 0.717) is 51.1 Å². The maximum atomic E-state index is 12.6. The van der Waals surface area contributed by atoms with Crippen molar-refractivity contribution < 1.29 is 19.4 Å². The summed E-state index contributed by atoms with van der Waals surface area (Å²) in [5.41, 5.74) is 1.70. The first kappa shape index (κ1) is 17.4. The van der Waals surface area contributed by atoms with Crippen LogP contribution in [-0.4, -0.2) is 52.3 Å². The molecule has 3 heterocycles. The Bertz CT molecular complexity index is 607. The highest BCUT2D eigenvalue weighted by Gasteiger charge is 2.32. The lowest BCUT2D eigenvalue weighted by molar-refractivity contribution is -0.0670. The van der Waals surface area contributed by atoms with Gasteiger partial charge in [-0.15, -0.1) is 0 Å². The summed E-state index contributed by atoms with van der Waals surface area (Å²) in [6, 6.07) is 0. The molecular weight excluding hydrogens is 310 g/mol. The van der Waals surface area contributed by atoms with Gasteiger partial charge in [-0.25, -0.2) is 0 Å². The van der Waals surface area contributed by atoms with Crippen LogP contribution in [0.15, 0.2) is 0 Å². The van der Waals surface area contributed by atoms with E-state index in [0.717, 1.165) is 11.3 Å². The molecule has 0 bridgehead atoms. The van der Waals surface area contributed by atoms with Gasteiger partial charge in [0.05, 0.1) is 23.5 Å². The number of nitrogens with one attached hydrogen (secondary N) is 1. The number of aromatic nitrogens is 2. The fraction of sp³-hybridized carbons (Fsp3) is 0.765. The highest BCUT2D eigenvalue weighted by molar-refractivity contribution is 5.94. The standard InChI is InChI=1S/C17H27N3O4/c1-11-10-13-14(12(2)24-11)19-20(3)15(13)16(21)18-7-4-17(22)5-8-23-9-6-17/h11-12,22H,4-10H2,1-3H3,(H,18,21)/t11-,12+/m1/s1. The van der Waals surface area contributed by atoms with E-state index in [2.05, 4.69) is 10.4 Å². The van der Waals surface area contributed by atoms with Crippen LogP contribution in [0.5, 0.6) is 0 Å². The van der Waals surface area contributed by atoms with Gasteiger partial charge in [0.1, 0.15) is 5.69 Å². The summed E-state index contributed by atoms with van der Waals surface area (Å²) >= 11 is 0. The molecule has 0 aliphatic carbocycles. The number of aliphatic hydroxyl groups is 1. The summed E-state index contributed by atoms with van der Waals surface area (Å²) < 4.78 is 12.7. The number of amides is 1. The Morgan fingerprint density at radius 2 is 2.12 bits per heavy atom. The molecule has 0 aromatic carbocycles. The topological polar surface area (TPSA) is 85.6 Å². The van der Waals surface area contributed by atoms with Gasteiger partial charge in [-0.3, -0.25) is 9.48 Å². The monoisotopic (exact) mass is 337 g/mol. The van der Waals surface area contributed by atoms with Crippen LogP contribution in [0.2, 0.25) is 0 Å². The highest BCUT2D eigenvalue weighted by atomic mass is 16.5. The van der Waals surface area contributed by atoms with Crippen LogP contribution in [0.3, 0.4) is 0 Å². The summed E-state index contributed by atoms with van der Waals surface area (Å²) in [5.74, 6) is -0.136. The number of aryl methyl sites for hydroxylation is 1. The Morgan fingerprint density at radius 3 is 2.83 bits per heavy atom. The van der Waals surface area contributed by atoms with E-state index in [1.54, 1.807) is 11.7 Å². The van der Waals surface area contributed by atoms with Crippen molar-refractivity contribution in [2.45, 2.75) is 57.3 Å². The lowest BCUT2D eigenvalue weighted by Gasteiger charge is -2.32. The van der Waals surface area contributed by atoms with E-state index in [4.69, 9.17) is 9.47 Å². The second-order valence-corrected chi connectivity index (χ2v) is 6.97. The average molecular weight is 337 g/mol. The van der Waals surface area contributed by atoms with E-state index in [9.17, 15) is 9.90 Å². The second-order valence-electron chi connectivity index (χ2n) is 6.97. The van der Waals surface area contributed by atoms with Gasteiger partial charge in [-0.05, 0) is 33.1 Å². The smallest absolute Gasteiger partial charge is 0.269 e. The largest absolute Gasteiger partial charge is 0.390 e. The van der Waals surface area contributed by atoms with Gasteiger partial charge >= 0.3 is 0 Å². The predicted octanol–water partition coefficient (Wildman–Crippen LogP) is 1.10. The molecule has 2 N–H and O–H groups in total. The third-order valence-corrected chi connectivity index (χ3v) is 5.00. The zero-order chi connectivity index (χ0) is 17.3. The molecule has 1 saturated heterocycles. The number of ether oxygens (including phenoxy) is 2. The highest BCUT2D eigenvalue weighted by Crippen LogP contribution is 2.31. The summed E-state index contributed by atoms with van der Waals surface area (Å²) in [6.45, 7) is 5.57. The van der Waals surface area contributed by atoms with Crippen LogP contribution in [0.1, 0.15) is 61.0 Å². The first-order valence-corrected chi connectivity index (χ1v) is 8.69. The van der Waals surface area contributed by atoms with Crippen molar-refractivity contribution in [2.75, 3.05) is 19.8 Å². The molecule has 0 unspecified atom stereocenters. The van der Waals surface area contributed by atoms with Crippen LogP contribution >= 0.6 is 0 Å². The van der Waals surface area contributed by atoms with Gasteiger partial charge < -0.3 is 19.9 Å². The summed E-state index contributed by atoms with van der Waals surface area (Å²) in [7, 11) is 1.79. The molecule has 7 heteroatoms. The lowest BCUT2D eigenvalue weighted by Crippen LogP contribution is -2.40. The maximum absolute atomic E-state index is 12.6. The minimum Gasteiger partial charge on any atom is -0.390 e. The zero-order valence-electron chi connectivity index (χ0n) is 14.7. The van der Waals surface area contributed by atoms with Gasteiger partial charge in [0, 0.05) is 38.8 Å². The van der Waals surface area contributed by atoms with Gasteiger partial charge in [0.15, 0.2) is 0 Å².